The summed E-state index contributed by atoms with van der Waals surface area (Å²) in [6.07, 6.45) is 1.05. The zero-order valence-corrected chi connectivity index (χ0v) is 11.4. The molecule has 0 aromatic rings. The lowest BCUT2D eigenvalue weighted by Gasteiger charge is -2.30. The standard InChI is InChI=1S/C13H22N2O4/c1-10(2)9-19-8-5-14-13(18)15-6-3-11(4-7-15)12(16)17/h11H,1,3-9H2,2H3,(H,14,18)(H,16,17). The molecule has 1 aliphatic heterocycles. The third kappa shape index (κ3) is 5.74. The predicted molar refractivity (Wildman–Crippen MR) is 71.0 cm³/mol. The Morgan fingerprint density at radius 1 is 1.42 bits per heavy atom. The molecule has 1 saturated heterocycles. The van der Waals surface area contributed by atoms with E-state index in [0.29, 0.717) is 45.7 Å². The molecule has 6 nitrogen and oxygen atoms in total. The van der Waals surface area contributed by atoms with Crippen LogP contribution in [-0.2, 0) is 9.53 Å². The molecule has 0 unspecified atom stereocenters. The lowest BCUT2D eigenvalue weighted by molar-refractivity contribution is -0.143. The van der Waals surface area contributed by atoms with Crippen LogP contribution in [0.2, 0.25) is 0 Å². The first-order valence-corrected chi connectivity index (χ1v) is 6.48. The minimum absolute atomic E-state index is 0.150. The van der Waals surface area contributed by atoms with E-state index in [2.05, 4.69) is 11.9 Å². The van der Waals surface area contributed by atoms with Crippen molar-refractivity contribution in [2.45, 2.75) is 19.8 Å². The monoisotopic (exact) mass is 270 g/mol. The number of rotatable bonds is 6. The minimum atomic E-state index is -0.770. The number of carboxylic acids is 1. The summed E-state index contributed by atoms with van der Waals surface area (Å²) in [7, 11) is 0. The molecular formula is C13H22N2O4. The Morgan fingerprint density at radius 3 is 2.58 bits per heavy atom. The van der Waals surface area contributed by atoms with Crippen LogP contribution in [-0.4, -0.2) is 54.9 Å². The van der Waals surface area contributed by atoms with Crippen LogP contribution in [0.1, 0.15) is 19.8 Å². The van der Waals surface area contributed by atoms with Gasteiger partial charge in [-0.25, -0.2) is 4.79 Å². The molecular weight excluding hydrogens is 248 g/mol. The molecule has 0 saturated carbocycles. The van der Waals surface area contributed by atoms with E-state index < -0.39 is 5.97 Å². The van der Waals surface area contributed by atoms with Crippen molar-refractivity contribution in [3.63, 3.8) is 0 Å². The average Bonchev–Trinajstić information content (AvgIpc) is 2.37. The molecule has 2 amide bonds. The van der Waals surface area contributed by atoms with Crippen LogP contribution in [0.3, 0.4) is 0 Å². The van der Waals surface area contributed by atoms with Gasteiger partial charge in [-0.1, -0.05) is 12.2 Å². The second kappa shape index (κ2) is 7.78. The van der Waals surface area contributed by atoms with E-state index in [4.69, 9.17) is 9.84 Å². The molecule has 6 heteroatoms. The number of likely N-dealkylation sites (tertiary alicyclic amines) is 1. The highest BCUT2D eigenvalue weighted by molar-refractivity contribution is 5.75. The van der Waals surface area contributed by atoms with E-state index in [0.717, 1.165) is 5.57 Å². The van der Waals surface area contributed by atoms with E-state index in [1.54, 1.807) is 4.90 Å². The molecule has 19 heavy (non-hydrogen) atoms. The van der Waals surface area contributed by atoms with Gasteiger partial charge in [0.05, 0.1) is 19.1 Å². The SMILES string of the molecule is C=C(C)COCCNC(=O)N1CCC(C(=O)O)CC1. The van der Waals surface area contributed by atoms with Crippen LogP contribution in [0.25, 0.3) is 0 Å². The summed E-state index contributed by atoms with van der Waals surface area (Å²) in [6, 6.07) is -0.150. The molecule has 108 valence electrons. The van der Waals surface area contributed by atoms with Crippen molar-refractivity contribution in [3.05, 3.63) is 12.2 Å². The van der Waals surface area contributed by atoms with Gasteiger partial charge in [0, 0.05) is 19.6 Å². The summed E-state index contributed by atoms with van der Waals surface area (Å²) < 4.78 is 5.27. The molecule has 0 aliphatic carbocycles. The number of hydrogen-bond donors (Lipinski definition) is 2. The average molecular weight is 270 g/mol. The van der Waals surface area contributed by atoms with Crippen LogP contribution in [0.15, 0.2) is 12.2 Å². The predicted octanol–water partition coefficient (Wildman–Crippen LogP) is 1.09. The highest BCUT2D eigenvalue weighted by Crippen LogP contribution is 2.16. The fourth-order valence-electron chi connectivity index (χ4n) is 1.92. The number of carboxylic acid groups (broad SMARTS) is 1. The Morgan fingerprint density at radius 2 is 2.05 bits per heavy atom. The fraction of sp³-hybridized carbons (Fsp3) is 0.692. The Hall–Kier alpha value is -1.56. The van der Waals surface area contributed by atoms with Crippen molar-refractivity contribution in [1.29, 1.82) is 0 Å². The smallest absolute Gasteiger partial charge is 0.317 e. The summed E-state index contributed by atoms with van der Waals surface area (Å²) in [6.45, 7) is 7.98. The largest absolute Gasteiger partial charge is 0.481 e. The van der Waals surface area contributed by atoms with Gasteiger partial charge in [0.2, 0.25) is 0 Å². The third-order valence-electron chi connectivity index (χ3n) is 3.00. The highest BCUT2D eigenvalue weighted by Gasteiger charge is 2.26. The summed E-state index contributed by atoms with van der Waals surface area (Å²) in [4.78, 5) is 24.2. The van der Waals surface area contributed by atoms with Gasteiger partial charge in [-0.15, -0.1) is 0 Å². The normalized spacial score (nSPS) is 16.2. The number of carbonyl (C=O) groups is 2. The Labute approximate surface area is 113 Å². The number of urea groups is 1. The summed E-state index contributed by atoms with van der Waals surface area (Å²) in [5.41, 5.74) is 0.946. The Bertz CT molecular complexity index is 336. The summed E-state index contributed by atoms with van der Waals surface area (Å²) in [5.74, 6) is -1.09. The molecule has 0 aromatic carbocycles. The number of piperidine rings is 1. The fourth-order valence-corrected chi connectivity index (χ4v) is 1.92. The van der Waals surface area contributed by atoms with E-state index >= 15 is 0 Å². The first-order valence-electron chi connectivity index (χ1n) is 6.48. The van der Waals surface area contributed by atoms with E-state index in [1.807, 2.05) is 6.92 Å². The minimum Gasteiger partial charge on any atom is -0.481 e. The number of hydrogen-bond acceptors (Lipinski definition) is 3. The second-order valence-corrected chi connectivity index (χ2v) is 4.84. The van der Waals surface area contributed by atoms with Crippen molar-refractivity contribution in [1.82, 2.24) is 10.2 Å². The number of ether oxygens (including phenoxy) is 1. The first-order chi connectivity index (χ1) is 9.00. The van der Waals surface area contributed by atoms with E-state index in [-0.39, 0.29) is 11.9 Å². The van der Waals surface area contributed by atoms with Gasteiger partial charge in [-0.3, -0.25) is 4.79 Å². The third-order valence-corrected chi connectivity index (χ3v) is 3.00. The molecule has 0 bridgehead atoms. The molecule has 0 radical (unpaired) electrons. The maximum Gasteiger partial charge on any atom is 0.317 e. The molecule has 0 spiro atoms. The molecule has 0 aromatic heterocycles. The highest BCUT2D eigenvalue weighted by atomic mass is 16.5. The van der Waals surface area contributed by atoms with Crippen LogP contribution in [0.4, 0.5) is 4.79 Å². The van der Waals surface area contributed by atoms with E-state index in [1.165, 1.54) is 0 Å². The van der Waals surface area contributed by atoms with Crippen molar-refractivity contribution in [3.8, 4) is 0 Å². The number of carbonyl (C=O) groups excluding carboxylic acids is 1. The van der Waals surface area contributed by atoms with E-state index in [9.17, 15) is 9.59 Å². The molecule has 1 heterocycles. The van der Waals surface area contributed by atoms with Crippen LogP contribution in [0.5, 0.6) is 0 Å². The molecule has 2 N–H and O–H groups in total. The first kappa shape index (κ1) is 15.5. The van der Waals surface area contributed by atoms with Crippen LogP contribution in [0, 0.1) is 5.92 Å². The van der Waals surface area contributed by atoms with Gasteiger partial charge in [-0.05, 0) is 19.8 Å². The second-order valence-electron chi connectivity index (χ2n) is 4.84. The summed E-state index contributed by atoms with van der Waals surface area (Å²) in [5, 5.41) is 11.6. The van der Waals surface area contributed by atoms with Crippen LogP contribution >= 0.6 is 0 Å². The zero-order valence-electron chi connectivity index (χ0n) is 11.4. The number of nitrogens with zero attached hydrogens (tertiary/aromatic N) is 1. The van der Waals surface area contributed by atoms with Crippen molar-refractivity contribution in [2.24, 2.45) is 5.92 Å². The van der Waals surface area contributed by atoms with Gasteiger partial charge in [0.1, 0.15) is 0 Å². The molecule has 1 aliphatic rings. The maximum atomic E-state index is 11.8. The lowest BCUT2D eigenvalue weighted by Crippen LogP contribution is -2.46. The summed E-state index contributed by atoms with van der Waals surface area (Å²) >= 11 is 0. The van der Waals surface area contributed by atoms with Gasteiger partial charge in [-0.2, -0.15) is 0 Å². The molecule has 0 atom stereocenters. The number of aliphatic carboxylic acids is 1. The van der Waals surface area contributed by atoms with Gasteiger partial charge in [0.25, 0.3) is 0 Å². The quantitative estimate of drug-likeness (QED) is 0.559. The Balaban J connectivity index is 2.14. The topological polar surface area (TPSA) is 78.9 Å². The van der Waals surface area contributed by atoms with Gasteiger partial charge < -0.3 is 20.1 Å². The van der Waals surface area contributed by atoms with Crippen molar-refractivity contribution in [2.75, 3.05) is 32.8 Å². The van der Waals surface area contributed by atoms with Crippen molar-refractivity contribution >= 4 is 12.0 Å². The number of amides is 2. The molecule has 1 rings (SSSR count). The lowest BCUT2D eigenvalue weighted by atomic mass is 9.97. The van der Waals surface area contributed by atoms with Crippen molar-refractivity contribution < 1.29 is 19.4 Å². The molecule has 1 fully saturated rings. The maximum absolute atomic E-state index is 11.8. The van der Waals surface area contributed by atoms with Crippen LogP contribution < -0.4 is 5.32 Å². The van der Waals surface area contributed by atoms with Gasteiger partial charge >= 0.3 is 12.0 Å². The number of nitrogens with one attached hydrogen (secondary N) is 1. The zero-order chi connectivity index (χ0) is 14.3. The Kier molecular flexibility index (Phi) is 6.35. The van der Waals surface area contributed by atoms with Gasteiger partial charge in [0.15, 0.2) is 0 Å².